The van der Waals surface area contributed by atoms with Gasteiger partial charge < -0.3 is 29.9 Å². The number of nitro benzene ring substituents is 1. The lowest BCUT2D eigenvalue weighted by Gasteiger charge is -2.13. The number of carboxylic acid groups (broad SMARTS) is 1. The summed E-state index contributed by atoms with van der Waals surface area (Å²) < 4.78 is 95.6. The number of carbonyl (C=O) groups is 1. The van der Waals surface area contributed by atoms with E-state index in [1.54, 1.807) is 0 Å². The number of phenolic OH excluding ortho intramolecular Hbond substituents is 1. The first-order valence-electron chi connectivity index (χ1n) is 18.0. The van der Waals surface area contributed by atoms with Gasteiger partial charge in [-0.3, -0.25) is 33.9 Å². The number of rotatable bonds is 18. The molecule has 0 spiro atoms. The first-order valence-corrected chi connectivity index (χ1v) is 20.9. The van der Waals surface area contributed by atoms with Gasteiger partial charge in [0, 0.05) is 29.7 Å². The Kier molecular flexibility index (Phi) is 13.8. The number of hydrogen-bond donors (Lipinski definition) is 7. The Bertz CT molecular complexity index is 3250. The van der Waals surface area contributed by atoms with Crippen LogP contribution in [0.3, 0.4) is 0 Å². The summed E-state index contributed by atoms with van der Waals surface area (Å²) in [4.78, 5) is 33.5. The molecule has 7 N–H and O–H groups in total. The zero-order valence-corrected chi connectivity index (χ0v) is 34.2. The van der Waals surface area contributed by atoms with E-state index in [-0.39, 0.29) is 50.7 Å². The van der Waals surface area contributed by atoms with E-state index in [9.17, 15) is 70.5 Å². The van der Waals surface area contributed by atoms with Crippen LogP contribution in [0.4, 0.5) is 44.2 Å². The summed E-state index contributed by atoms with van der Waals surface area (Å²) in [6.45, 7) is -1.91. The molecular weight excluding hydrogens is 910 g/mol. The third-order valence-electron chi connectivity index (χ3n) is 8.64. The molecule has 28 heteroatoms. The largest absolute Gasteiger partial charge is 0.505 e. The van der Waals surface area contributed by atoms with Crippen LogP contribution in [0.5, 0.6) is 17.2 Å². The molecule has 0 aliphatic heterocycles. The number of nitrogens with zero attached hydrogens (tertiary/aromatic N) is 8. The van der Waals surface area contributed by atoms with Crippen molar-refractivity contribution in [3.63, 3.8) is 0 Å². The van der Waals surface area contributed by atoms with Crippen molar-refractivity contribution in [2.45, 2.75) is 16.2 Å². The number of aliphatic hydroxyl groups excluding tert-OH is 2. The highest BCUT2D eigenvalue weighted by atomic mass is 32.2. The summed E-state index contributed by atoms with van der Waals surface area (Å²) in [6, 6.07) is 14.2. The minimum atomic E-state index is -5.25. The van der Waals surface area contributed by atoms with Crippen LogP contribution < -0.4 is 15.0 Å². The number of phenols is 1. The fourth-order valence-electron chi connectivity index (χ4n) is 5.80. The predicted molar refractivity (Wildman–Crippen MR) is 220 cm³/mol. The number of aromatic hydroxyl groups is 1. The molecule has 5 aromatic carbocycles. The second-order valence-electron chi connectivity index (χ2n) is 13.0. The topological polar surface area (TPSA) is 380 Å². The number of azo groups is 3. The van der Waals surface area contributed by atoms with Crippen LogP contribution in [0, 0.1) is 15.9 Å². The van der Waals surface area contributed by atoms with Gasteiger partial charge in [-0.15, -0.1) is 30.7 Å². The molecule has 0 fully saturated rings. The van der Waals surface area contributed by atoms with Gasteiger partial charge in [0.25, 0.3) is 31.5 Å². The fraction of sp³-hybridized carbons (Fsp3) is 0.135. The molecule has 338 valence electrons. The smallest absolute Gasteiger partial charge is 0.309 e. The Hall–Kier alpha value is -7.89. The normalized spacial score (nSPS) is 12.2. The molecule has 0 saturated carbocycles. The van der Waals surface area contributed by atoms with E-state index in [0.29, 0.717) is 6.07 Å². The number of aromatic amines is 1. The number of aliphatic hydroxyl groups is 2. The van der Waals surface area contributed by atoms with E-state index in [1.165, 1.54) is 36.4 Å². The van der Waals surface area contributed by atoms with E-state index in [1.807, 2.05) is 0 Å². The van der Waals surface area contributed by atoms with Gasteiger partial charge in [0.1, 0.15) is 62.9 Å². The molecule has 0 aliphatic rings. The highest BCUT2D eigenvalue weighted by Gasteiger charge is 2.25. The molecule has 0 bridgehead atoms. The van der Waals surface area contributed by atoms with E-state index < -0.39 is 114 Å². The number of halogens is 1. The van der Waals surface area contributed by atoms with E-state index >= 15 is 0 Å². The number of fused-ring (bicyclic) bond motifs is 1. The molecule has 6 aromatic rings. The van der Waals surface area contributed by atoms with Crippen LogP contribution in [-0.2, 0) is 31.5 Å². The highest BCUT2D eigenvalue weighted by Crippen LogP contribution is 2.45. The molecule has 6 rings (SSSR count). The summed E-state index contributed by atoms with van der Waals surface area (Å²) in [5.41, 5.74) is -4.66. The monoisotopic (exact) mass is 939 g/mol. The Morgan fingerprint density at radius 2 is 1.34 bits per heavy atom. The molecule has 0 radical (unpaired) electrons. The molecule has 0 aliphatic carbocycles. The van der Waals surface area contributed by atoms with Gasteiger partial charge in [0.2, 0.25) is 0 Å². The number of aromatic nitrogens is 2. The lowest BCUT2D eigenvalue weighted by atomic mass is 10.1. The summed E-state index contributed by atoms with van der Waals surface area (Å²) in [5, 5.41) is 76.4. The lowest BCUT2D eigenvalue weighted by Crippen LogP contribution is -2.14. The molecule has 0 amide bonds. The molecule has 25 nitrogen and oxygen atoms in total. The molecule has 0 saturated heterocycles. The minimum absolute atomic E-state index is 0.0577. The van der Waals surface area contributed by atoms with Crippen LogP contribution in [0.1, 0.15) is 5.69 Å². The van der Waals surface area contributed by atoms with E-state index in [2.05, 4.69) is 35.8 Å². The second-order valence-corrected chi connectivity index (χ2v) is 15.7. The summed E-state index contributed by atoms with van der Waals surface area (Å²) >= 11 is 0. The quantitative estimate of drug-likeness (QED) is 0.0219. The maximum Gasteiger partial charge on any atom is 0.309 e. The van der Waals surface area contributed by atoms with Crippen LogP contribution in [0.15, 0.2) is 124 Å². The Labute approximate surface area is 362 Å². The number of nitro groups is 1. The minimum Gasteiger partial charge on any atom is -0.505 e. The number of H-pyrrole nitrogens is 1. The van der Waals surface area contributed by atoms with E-state index in [4.69, 9.17) is 9.47 Å². The van der Waals surface area contributed by atoms with Crippen molar-refractivity contribution >= 4 is 76.8 Å². The Morgan fingerprint density at radius 3 is 1.92 bits per heavy atom. The zero-order chi connectivity index (χ0) is 47.2. The van der Waals surface area contributed by atoms with Gasteiger partial charge >= 0.3 is 5.97 Å². The number of benzene rings is 5. The molecule has 1 heterocycles. The molecule has 0 atom stereocenters. The van der Waals surface area contributed by atoms with Crippen LogP contribution >= 0.6 is 0 Å². The van der Waals surface area contributed by atoms with E-state index in [0.717, 1.165) is 41.1 Å². The third kappa shape index (κ3) is 10.7. The molecular formula is C37H30FN9O16S2. The number of ether oxygens (including phenoxy) is 2. The van der Waals surface area contributed by atoms with Crippen molar-refractivity contribution in [3.8, 4) is 22.9 Å². The summed E-state index contributed by atoms with van der Waals surface area (Å²) in [5.74, 6) is -3.56. The van der Waals surface area contributed by atoms with Gasteiger partial charge in [0.15, 0.2) is 17.3 Å². The zero-order valence-electron chi connectivity index (χ0n) is 32.6. The van der Waals surface area contributed by atoms with Crippen molar-refractivity contribution in [1.29, 1.82) is 0 Å². The second kappa shape index (κ2) is 19.2. The molecule has 0 unspecified atom stereocenters. The third-order valence-corrected chi connectivity index (χ3v) is 10.4. The Morgan fingerprint density at radius 1 is 0.754 bits per heavy atom. The number of non-ortho nitro benzene ring substituents is 1. The van der Waals surface area contributed by atoms with Gasteiger partial charge in [-0.2, -0.15) is 16.8 Å². The van der Waals surface area contributed by atoms with Crippen LogP contribution in [0.25, 0.3) is 16.5 Å². The lowest BCUT2D eigenvalue weighted by molar-refractivity contribution is -0.385. The van der Waals surface area contributed by atoms with Crippen LogP contribution in [-0.4, -0.2) is 93.5 Å². The molecule has 65 heavy (non-hydrogen) atoms. The SMILES string of the molecule is O=C(O)Cc1[nH]n(-c2ccc3c(O)c(N=Nc4cc(OCCO)c(N=Nc5ccc([N+](=O)[O-])cc5S(=O)(=O)O)cc4OCCO)c(S(=O)(=O)O)cc3c2)c(=O)c1N=Nc1ccccc1F. The number of carboxylic acids is 1. The van der Waals surface area contributed by atoms with Crippen molar-refractivity contribution in [2.24, 2.45) is 30.7 Å². The number of aliphatic carboxylic acids is 1. The predicted octanol–water partition coefficient (Wildman–Crippen LogP) is 6.18. The van der Waals surface area contributed by atoms with Gasteiger partial charge in [0.05, 0.1) is 35.9 Å². The summed E-state index contributed by atoms with van der Waals surface area (Å²) in [6.07, 6.45) is -0.752. The van der Waals surface area contributed by atoms with Crippen molar-refractivity contribution in [1.82, 2.24) is 9.78 Å². The van der Waals surface area contributed by atoms with Crippen molar-refractivity contribution in [2.75, 3.05) is 26.4 Å². The van der Waals surface area contributed by atoms with Gasteiger partial charge in [-0.1, -0.05) is 12.1 Å². The first-order chi connectivity index (χ1) is 30.8. The Balaban J connectivity index is 1.44. The van der Waals surface area contributed by atoms with Gasteiger partial charge in [-0.25, -0.2) is 9.07 Å². The molecule has 1 aromatic heterocycles. The highest BCUT2D eigenvalue weighted by molar-refractivity contribution is 7.86. The number of nitrogens with one attached hydrogen (secondary N) is 1. The maximum absolute atomic E-state index is 14.2. The average Bonchev–Trinajstić information content (AvgIpc) is 3.55. The average molecular weight is 940 g/mol. The first kappa shape index (κ1) is 46.6. The van der Waals surface area contributed by atoms with Gasteiger partial charge in [-0.05, 0) is 47.9 Å². The van der Waals surface area contributed by atoms with Crippen molar-refractivity contribution in [3.05, 3.63) is 111 Å². The number of hydrogen-bond acceptors (Lipinski definition) is 19. The summed E-state index contributed by atoms with van der Waals surface area (Å²) in [7, 11) is -10.3. The van der Waals surface area contributed by atoms with Crippen LogP contribution in [0.2, 0.25) is 0 Å². The fourth-order valence-corrected chi connectivity index (χ4v) is 7.10. The van der Waals surface area contributed by atoms with Crippen molar-refractivity contribution < 1.29 is 69.9 Å². The standard InChI is InChI=1S/C37H30FN9O16S2/c38-23-3-1-2-4-24(23)39-43-34-28(18-33(50)51)45-46(37(34)53)20-5-7-22-19(13-20)14-32(65(59,60)61)35(36(22)52)44-42-27-17-29(62-11-9-48)26(16-30(27)63-12-10-49)41-40-25-8-6-21(47(54)55)15-31(25)64(56,57)58/h1-8,13-17,45,48-49,52H,9-12,18H2,(H,50,51)(H,56,57,58)(H,59,60,61). The maximum atomic E-state index is 14.2.